The van der Waals surface area contributed by atoms with Crippen LogP contribution in [0.1, 0.15) is 17.4 Å². The standard InChI is InChI=1S/C13H12FNO2/c1-2-15-8-7-11(12(15)13(16)17)9-3-5-10(14)6-4-9/h3-8H,2H2,1H3,(H,16,17). The van der Waals surface area contributed by atoms with Crippen molar-refractivity contribution in [3.8, 4) is 11.1 Å². The second-order valence-corrected chi connectivity index (χ2v) is 3.68. The van der Waals surface area contributed by atoms with Crippen LogP contribution in [0.25, 0.3) is 11.1 Å². The van der Waals surface area contributed by atoms with Crippen LogP contribution in [0.15, 0.2) is 36.5 Å². The Morgan fingerprint density at radius 2 is 1.94 bits per heavy atom. The molecule has 3 nitrogen and oxygen atoms in total. The molecule has 0 spiro atoms. The summed E-state index contributed by atoms with van der Waals surface area (Å²) in [6, 6.07) is 7.54. The second-order valence-electron chi connectivity index (χ2n) is 3.68. The van der Waals surface area contributed by atoms with Gasteiger partial charge in [0.05, 0.1) is 0 Å². The minimum Gasteiger partial charge on any atom is -0.477 e. The summed E-state index contributed by atoms with van der Waals surface area (Å²) in [7, 11) is 0. The summed E-state index contributed by atoms with van der Waals surface area (Å²) in [5.74, 6) is -1.31. The molecule has 0 radical (unpaired) electrons. The number of aromatic carboxylic acids is 1. The molecule has 0 amide bonds. The molecule has 0 fully saturated rings. The normalized spacial score (nSPS) is 10.5. The van der Waals surface area contributed by atoms with Gasteiger partial charge in [0.1, 0.15) is 11.5 Å². The Bertz CT molecular complexity index is 543. The molecule has 0 aliphatic carbocycles. The van der Waals surface area contributed by atoms with Crippen molar-refractivity contribution >= 4 is 5.97 Å². The lowest BCUT2D eigenvalue weighted by Crippen LogP contribution is -2.07. The van der Waals surface area contributed by atoms with Crippen LogP contribution in [0, 0.1) is 5.82 Å². The van der Waals surface area contributed by atoms with Crippen molar-refractivity contribution in [3.63, 3.8) is 0 Å². The summed E-state index contributed by atoms with van der Waals surface area (Å²) in [6.07, 6.45) is 1.72. The van der Waals surface area contributed by atoms with Crippen LogP contribution < -0.4 is 0 Å². The van der Waals surface area contributed by atoms with Crippen LogP contribution in [0.2, 0.25) is 0 Å². The van der Waals surface area contributed by atoms with Gasteiger partial charge in [0.15, 0.2) is 0 Å². The van der Waals surface area contributed by atoms with E-state index in [2.05, 4.69) is 0 Å². The molecule has 1 N–H and O–H groups in total. The quantitative estimate of drug-likeness (QED) is 0.885. The van der Waals surface area contributed by atoms with Gasteiger partial charge in [-0.1, -0.05) is 12.1 Å². The third-order valence-corrected chi connectivity index (χ3v) is 2.66. The maximum atomic E-state index is 12.8. The smallest absolute Gasteiger partial charge is 0.353 e. The number of hydrogen-bond donors (Lipinski definition) is 1. The first-order valence-corrected chi connectivity index (χ1v) is 5.32. The number of aromatic nitrogens is 1. The number of aryl methyl sites for hydroxylation is 1. The molecule has 1 heterocycles. The zero-order valence-electron chi connectivity index (χ0n) is 9.35. The van der Waals surface area contributed by atoms with Gasteiger partial charge < -0.3 is 9.67 Å². The molecule has 4 heteroatoms. The average Bonchev–Trinajstić information content (AvgIpc) is 2.73. The fourth-order valence-corrected chi connectivity index (χ4v) is 1.84. The average molecular weight is 233 g/mol. The molecular weight excluding hydrogens is 221 g/mol. The summed E-state index contributed by atoms with van der Waals surface area (Å²) in [6.45, 7) is 2.46. The Balaban J connectivity index is 2.55. The molecule has 0 bridgehead atoms. The van der Waals surface area contributed by atoms with E-state index in [1.54, 1.807) is 29.0 Å². The SMILES string of the molecule is CCn1ccc(-c2ccc(F)cc2)c1C(=O)O. The monoisotopic (exact) mass is 233 g/mol. The van der Waals surface area contributed by atoms with E-state index < -0.39 is 5.97 Å². The van der Waals surface area contributed by atoms with E-state index in [1.807, 2.05) is 6.92 Å². The highest BCUT2D eigenvalue weighted by molar-refractivity contribution is 5.94. The third kappa shape index (κ3) is 2.06. The molecule has 0 aliphatic rings. The molecule has 2 aromatic rings. The van der Waals surface area contributed by atoms with Crippen molar-refractivity contribution in [3.05, 3.63) is 48.0 Å². The molecule has 88 valence electrons. The van der Waals surface area contributed by atoms with E-state index in [1.165, 1.54) is 12.1 Å². The highest BCUT2D eigenvalue weighted by Crippen LogP contribution is 2.25. The predicted octanol–water partition coefficient (Wildman–Crippen LogP) is 3.01. The van der Waals surface area contributed by atoms with Gasteiger partial charge in [0, 0.05) is 18.3 Å². The highest BCUT2D eigenvalue weighted by atomic mass is 19.1. The predicted molar refractivity (Wildman–Crippen MR) is 62.5 cm³/mol. The fraction of sp³-hybridized carbons (Fsp3) is 0.154. The van der Waals surface area contributed by atoms with Crippen molar-refractivity contribution in [2.75, 3.05) is 0 Å². The molecule has 1 aromatic carbocycles. The molecular formula is C13H12FNO2. The van der Waals surface area contributed by atoms with E-state index in [9.17, 15) is 14.3 Å². The van der Waals surface area contributed by atoms with Gasteiger partial charge in [-0.05, 0) is 30.7 Å². The summed E-state index contributed by atoms with van der Waals surface area (Å²) >= 11 is 0. The summed E-state index contributed by atoms with van der Waals surface area (Å²) in [4.78, 5) is 11.2. The number of nitrogens with zero attached hydrogens (tertiary/aromatic N) is 1. The lowest BCUT2D eigenvalue weighted by molar-refractivity contribution is 0.0686. The molecule has 0 saturated carbocycles. The minimum absolute atomic E-state index is 0.235. The number of carboxylic acids is 1. The molecule has 0 atom stereocenters. The molecule has 1 aromatic heterocycles. The van der Waals surface area contributed by atoms with Crippen molar-refractivity contribution in [2.45, 2.75) is 13.5 Å². The van der Waals surface area contributed by atoms with Crippen molar-refractivity contribution < 1.29 is 14.3 Å². The Hall–Kier alpha value is -2.10. The van der Waals surface area contributed by atoms with Crippen LogP contribution in [0.5, 0.6) is 0 Å². The maximum absolute atomic E-state index is 12.8. The maximum Gasteiger partial charge on any atom is 0.353 e. The zero-order valence-corrected chi connectivity index (χ0v) is 9.35. The van der Waals surface area contributed by atoms with E-state index in [4.69, 9.17) is 0 Å². The van der Waals surface area contributed by atoms with Gasteiger partial charge in [-0.2, -0.15) is 0 Å². The van der Waals surface area contributed by atoms with Crippen LogP contribution in [-0.2, 0) is 6.54 Å². The van der Waals surface area contributed by atoms with Crippen LogP contribution in [0.4, 0.5) is 4.39 Å². The van der Waals surface area contributed by atoms with E-state index in [0.29, 0.717) is 17.7 Å². The van der Waals surface area contributed by atoms with Crippen LogP contribution >= 0.6 is 0 Å². The summed E-state index contributed by atoms with van der Waals surface area (Å²) in [5.41, 5.74) is 1.55. The molecule has 17 heavy (non-hydrogen) atoms. The Kier molecular flexibility index (Phi) is 2.95. The van der Waals surface area contributed by atoms with Gasteiger partial charge in [-0.25, -0.2) is 9.18 Å². The first-order valence-electron chi connectivity index (χ1n) is 5.32. The van der Waals surface area contributed by atoms with Crippen molar-refractivity contribution in [1.82, 2.24) is 4.57 Å². The Labute approximate surface area is 98.1 Å². The Morgan fingerprint density at radius 1 is 1.29 bits per heavy atom. The number of halogens is 1. The van der Waals surface area contributed by atoms with E-state index in [-0.39, 0.29) is 11.5 Å². The van der Waals surface area contributed by atoms with Crippen molar-refractivity contribution in [1.29, 1.82) is 0 Å². The van der Waals surface area contributed by atoms with Gasteiger partial charge in [0.2, 0.25) is 0 Å². The topological polar surface area (TPSA) is 42.2 Å². The van der Waals surface area contributed by atoms with Gasteiger partial charge >= 0.3 is 5.97 Å². The number of benzene rings is 1. The first-order chi connectivity index (χ1) is 8.13. The van der Waals surface area contributed by atoms with Gasteiger partial charge in [-0.3, -0.25) is 0 Å². The molecule has 0 unspecified atom stereocenters. The van der Waals surface area contributed by atoms with Crippen LogP contribution in [-0.4, -0.2) is 15.6 Å². The van der Waals surface area contributed by atoms with Crippen LogP contribution in [0.3, 0.4) is 0 Å². The van der Waals surface area contributed by atoms with E-state index >= 15 is 0 Å². The largest absolute Gasteiger partial charge is 0.477 e. The second kappa shape index (κ2) is 4.41. The summed E-state index contributed by atoms with van der Waals surface area (Å²) in [5, 5.41) is 9.19. The van der Waals surface area contributed by atoms with Gasteiger partial charge in [0.25, 0.3) is 0 Å². The Morgan fingerprint density at radius 3 is 2.47 bits per heavy atom. The van der Waals surface area contributed by atoms with Crippen molar-refractivity contribution in [2.24, 2.45) is 0 Å². The highest BCUT2D eigenvalue weighted by Gasteiger charge is 2.16. The molecule has 2 rings (SSSR count). The third-order valence-electron chi connectivity index (χ3n) is 2.66. The minimum atomic E-state index is -0.976. The lowest BCUT2D eigenvalue weighted by Gasteiger charge is -2.05. The van der Waals surface area contributed by atoms with E-state index in [0.717, 1.165) is 0 Å². The molecule has 0 saturated heterocycles. The lowest BCUT2D eigenvalue weighted by atomic mass is 10.1. The first kappa shape index (κ1) is 11.4. The number of carboxylic acid groups (broad SMARTS) is 1. The molecule has 0 aliphatic heterocycles. The number of hydrogen-bond acceptors (Lipinski definition) is 1. The zero-order chi connectivity index (χ0) is 12.4. The number of rotatable bonds is 3. The summed E-state index contributed by atoms with van der Waals surface area (Å²) < 4.78 is 14.5. The number of carbonyl (C=O) groups is 1. The van der Waals surface area contributed by atoms with Gasteiger partial charge in [-0.15, -0.1) is 0 Å². The fourth-order valence-electron chi connectivity index (χ4n) is 1.84.